The Morgan fingerprint density at radius 2 is 1.90 bits per heavy atom. The van der Waals surface area contributed by atoms with Crippen LogP contribution in [0.1, 0.15) is 30.6 Å². The number of hydrogen-bond acceptors (Lipinski definition) is 3. The van der Waals surface area contributed by atoms with Gasteiger partial charge in [0.25, 0.3) is 5.91 Å². The third kappa shape index (κ3) is 4.23. The molecule has 0 aromatic heterocycles. The molecule has 0 radical (unpaired) electrons. The molecule has 1 rings (SSSR count). The fourth-order valence-electron chi connectivity index (χ4n) is 2.19. The Morgan fingerprint density at radius 1 is 1.25 bits per heavy atom. The lowest BCUT2D eigenvalue weighted by Crippen LogP contribution is -2.40. The summed E-state index contributed by atoms with van der Waals surface area (Å²) in [6.45, 7) is 4.18. The number of nitrogens with zero attached hydrogens (tertiary/aromatic N) is 2. The van der Waals surface area contributed by atoms with E-state index in [0.29, 0.717) is 11.5 Å². The zero-order valence-corrected chi connectivity index (χ0v) is 13.1. The van der Waals surface area contributed by atoms with Gasteiger partial charge >= 0.3 is 0 Å². The van der Waals surface area contributed by atoms with Crippen LogP contribution in [0.25, 0.3) is 0 Å². The van der Waals surface area contributed by atoms with Crippen molar-refractivity contribution in [3.63, 3.8) is 0 Å². The zero-order valence-electron chi connectivity index (χ0n) is 13.1. The molecule has 0 saturated carbocycles. The Bertz CT molecular complexity index is 444. The van der Waals surface area contributed by atoms with Gasteiger partial charge in [-0.1, -0.05) is 19.9 Å². The summed E-state index contributed by atoms with van der Waals surface area (Å²) >= 11 is 0. The van der Waals surface area contributed by atoms with Crippen molar-refractivity contribution in [3.05, 3.63) is 29.8 Å². The van der Waals surface area contributed by atoms with E-state index in [9.17, 15) is 9.90 Å². The number of benzene rings is 1. The number of carbonyl (C=O) groups excluding carboxylic acids is 1. The van der Waals surface area contributed by atoms with Crippen molar-refractivity contribution in [1.29, 1.82) is 0 Å². The van der Waals surface area contributed by atoms with Gasteiger partial charge in [-0.3, -0.25) is 4.79 Å². The van der Waals surface area contributed by atoms with Crippen molar-refractivity contribution in [2.24, 2.45) is 5.92 Å². The average Bonchev–Trinajstić information content (AvgIpc) is 2.43. The number of likely N-dealkylation sites (N-methyl/N-ethyl adjacent to an activating group) is 1. The van der Waals surface area contributed by atoms with Gasteiger partial charge in [0.1, 0.15) is 0 Å². The van der Waals surface area contributed by atoms with E-state index in [-0.39, 0.29) is 18.6 Å². The van der Waals surface area contributed by atoms with Crippen LogP contribution in [0, 0.1) is 5.92 Å². The summed E-state index contributed by atoms with van der Waals surface area (Å²) in [6, 6.07) is 7.41. The van der Waals surface area contributed by atoms with Crippen LogP contribution < -0.4 is 4.90 Å². The first-order chi connectivity index (χ1) is 9.36. The molecule has 1 atom stereocenters. The van der Waals surface area contributed by atoms with Crippen LogP contribution in [0.4, 0.5) is 5.69 Å². The molecule has 0 heterocycles. The molecule has 1 amide bonds. The molecule has 0 spiro atoms. The quantitative estimate of drug-likeness (QED) is 0.868. The average molecular weight is 278 g/mol. The van der Waals surface area contributed by atoms with Gasteiger partial charge in [-0.25, -0.2) is 0 Å². The van der Waals surface area contributed by atoms with Crippen LogP contribution in [0.3, 0.4) is 0 Å². The van der Waals surface area contributed by atoms with E-state index in [1.165, 1.54) is 0 Å². The maximum Gasteiger partial charge on any atom is 0.253 e. The number of rotatable bonds is 6. The standard InChI is InChI=1S/C16H26N2O2/c1-12(2)9-15(11-19)18(5)16(20)13-7-6-8-14(10-13)17(3)4/h6-8,10,12,15,19H,9,11H2,1-5H3. The van der Waals surface area contributed by atoms with Gasteiger partial charge in [0.2, 0.25) is 0 Å². The zero-order chi connectivity index (χ0) is 15.3. The maximum atomic E-state index is 12.5. The number of aliphatic hydroxyl groups is 1. The monoisotopic (exact) mass is 278 g/mol. The molecule has 0 fully saturated rings. The second-order valence-electron chi connectivity index (χ2n) is 5.83. The fourth-order valence-corrected chi connectivity index (χ4v) is 2.19. The number of hydrogen-bond donors (Lipinski definition) is 1. The molecule has 20 heavy (non-hydrogen) atoms. The predicted octanol–water partition coefficient (Wildman–Crippen LogP) is 2.23. The smallest absolute Gasteiger partial charge is 0.253 e. The summed E-state index contributed by atoms with van der Waals surface area (Å²) in [4.78, 5) is 16.1. The Morgan fingerprint density at radius 3 is 2.40 bits per heavy atom. The Kier molecular flexibility index (Phi) is 6.02. The SMILES string of the molecule is CC(C)CC(CO)N(C)C(=O)c1cccc(N(C)C)c1. The summed E-state index contributed by atoms with van der Waals surface area (Å²) in [6.07, 6.45) is 0.798. The predicted molar refractivity (Wildman–Crippen MR) is 83.2 cm³/mol. The third-order valence-electron chi connectivity index (χ3n) is 3.43. The summed E-state index contributed by atoms with van der Waals surface area (Å²) in [7, 11) is 5.65. The summed E-state index contributed by atoms with van der Waals surface area (Å²) in [5, 5.41) is 9.48. The van der Waals surface area contributed by atoms with Gasteiger partial charge in [-0.2, -0.15) is 0 Å². The van der Waals surface area contributed by atoms with Gasteiger partial charge in [-0.05, 0) is 30.5 Å². The van der Waals surface area contributed by atoms with E-state index in [1.54, 1.807) is 11.9 Å². The minimum Gasteiger partial charge on any atom is -0.394 e. The molecule has 1 aromatic rings. The first kappa shape index (κ1) is 16.5. The summed E-state index contributed by atoms with van der Waals surface area (Å²) < 4.78 is 0. The summed E-state index contributed by atoms with van der Waals surface area (Å²) in [5.41, 5.74) is 1.65. The van der Waals surface area contributed by atoms with Crippen LogP contribution in [0.5, 0.6) is 0 Å². The highest BCUT2D eigenvalue weighted by Gasteiger charge is 2.21. The van der Waals surface area contributed by atoms with Crippen LogP contribution in [0.15, 0.2) is 24.3 Å². The van der Waals surface area contributed by atoms with Crippen LogP contribution >= 0.6 is 0 Å². The molecule has 1 unspecified atom stereocenters. The number of amides is 1. The van der Waals surface area contributed by atoms with E-state index in [1.807, 2.05) is 43.3 Å². The molecular weight excluding hydrogens is 252 g/mol. The van der Waals surface area contributed by atoms with Gasteiger partial charge in [0.15, 0.2) is 0 Å². The van der Waals surface area contributed by atoms with E-state index < -0.39 is 0 Å². The first-order valence-electron chi connectivity index (χ1n) is 7.02. The Hall–Kier alpha value is -1.55. The molecule has 112 valence electrons. The second-order valence-corrected chi connectivity index (χ2v) is 5.83. The Labute approximate surface area is 122 Å². The summed E-state index contributed by atoms with van der Waals surface area (Å²) in [5.74, 6) is 0.393. The maximum absolute atomic E-state index is 12.5. The van der Waals surface area contributed by atoms with Crippen molar-refractivity contribution in [3.8, 4) is 0 Å². The minimum atomic E-state index is -0.134. The van der Waals surface area contributed by atoms with E-state index >= 15 is 0 Å². The van der Waals surface area contributed by atoms with Gasteiger partial charge in [0, 0.05) is 32.4 Å². The van der Waals surface area contributed by atoms with Crippen LogP contribution in [-0.4, -0.2) is 49.7 Å². The molecule has 4 nitrogen and oxygen atoms in total. The normalized spacial score (nSPS) is 12.3. The molecule has 1 N–H and O–H groups in total. The van der Waals surface area contributed by atoms with Crippen molar-refractivity contribution in [1.82, 2.24) is 4.90 Å². The number of anilines is 1. The van der Waals surface area contributed by atoms with Gasteiger partial charge in [-0.15, -0.1) is 0 Å². The Balaban J connectivity index is 2.90. The van der Waals surface area contributed by atoms with Gasteiger partial charge in [0.05, 0.1) is 12.6 Å². The molecule has 0 saturated heterocycles. The minimum absolute atomic E-state index is 0.00616. The van der Waals surface area contributed by atoms with Crippen molar-refractivity contribution < 1.29 is 9.90 Å². The van der Waals surface area contributed by atoms with E-state index in [2.05, 4.69) is 13.8 Å². The van der Waals surface area contributed by atoms with Crippen LogP contribution in [-0.2, 0) is 0 Å². The molecule has 4 heteroatoms. The van der Waals surface area contributed by atoms with Crippen molar-refractivity contribution in [2.45, 2.75) is 26.3 Å². The lowest BCUT2D eigenvalue weighted by molar-refractivity contribution is 0.0630. The number of aliphatic hydroxyl groups excluding tert-OH is 1. The lowest BCUT2D eigenvalue weighted by atomic mass is 10.0. The number of carbonyl (C=O) groups is 1. The first-order valence-corrected chi connectivity index (χ1v) is 7.02. The van der Waals surface area contributed by atoms with Gasteiger partial charge < -0.3 is 14.9 Å². The highest BCUT2D eigenvalue weighted by Crippen LogP contribution is 2.17. The molecule has 0 aliphatic rings. The molecule has 0 aliphatic carbocycles. The van der Waals surface area contributed by atoms with Crippen molar-refractivity contribution >= 4 is 11.6 Å². The highest BCUT2D eigenvalue weighted by molar-refractivity contribution is 5.95. The van der Waals surface area contributed by atoms with Crippen molar-refractivity contribution in [2.75, 3.05) is 32.6 Å². The molecular formula is C16H26N2O2. The van der Waals surface area contributed by atoms with E-state index in [0.717, 1.165) is 12.1 Å². The fraction of sp³-hybridized carbons (Fsp3) is 0.562. The molecule has 0 bridgehead atoms. The third-order valence-corrected chi connectivity index (χ3v) is 3.43. The highest BCUT2D eigenvalue weighted by atomic mass is 16.3. The van der Waals surface area contributed by atoms with E-state index in [4.69, 9.17) is 0 Å². The lowest BCUT2D eigenvalue weighted by Gasteiger charge is -2.28. The topological polar surface area (TPSA) is 43.8 Å². The molecule has 0 aliphatic heterocycles. The second kappa shape index (κ2) is 7.29. The largest absolute Gasteiger partial charge is 0.394 e. The van der Waals surface area contributed by atoms with Crippen LogP contribution in [0.2, 0.25) is 0 Å². The molecule has 1 aromatic carbocycles.